The van der Waals surface area contributed by atoms with Crippen LogP contribution in [0.5, 0.6) is 0 Å². The molecule has 28 heavy (non-hydrogen) atoms. The first-order valence-corrected chi connectivity index (χ1v) is 9.85. The van der Waals surface area contributed by atoms with Crippen LogP contribution in [0.4, 0.5) is 11.6 Å². The number of fused-ring (bicyclic) bond motifs is 1. The van der Waals surface area contributed by atoms with Crippen molar-refractivity contribution in [2.75, 3.05) is 49.6 Å². The SMILES string of the molecule is Cc1nc(NCCNC(=O)c2ccc3nsnc3c2)cc(N2CCOCC2)n1. The van der Waals surface area contributed by atoms with E-state index in [1.54, 1.807) is 12.1 Å². The molecule has 4 rings (SSSR count). The largest absolute Gasteiger partial charge is 0.378 e. The average molecular weight is 399 g/mol. The summed E-state index contributed by atoms with van der Waals surface area (Å²) in [6, 6.07) is 7.25. The molecule has 1 aliphatic rings. The highest BCUT2D eigenvalue weighted by atomic mass is 32.1. The van der Waals surface area contributed by atoms with Gasteiger partial charge in [-0.25, -0.2) is 9.97 Å². The summed E-state index contributed by atoms with van der Waals surface area (Å²) >= 11 is 1.14. The predicted octanol–water partition coefficient (Wildman–Crippen LogP) is 1.47. The third-order valence-electron chi connectivity index (χ3n) is 4.39. The van der Waals surface area contributed by atoms with Crippen molar-refractivity contribution in [3.63, 3.8) is 0 Å². The molecule has 9 nitrogen and oxygen atoms in total. The van der Waals surface area contributed by atoms with E-state index in [1.807, 2.05) is 19.1 Å². The fraction of sp³-hybridized carbons (Fsp3) is 0.389. The summed E-state index contributed by atoms with van der Waals surface area (Å²) < 4.78 is 13.7. The van der Waals surface area contributed by atoms with Crippen LogP contribution in [-0.2, 0) is 4.74 Å². The Balaban J connectivity index is 1.31. The van der Waals surface area contributed by atoms with E-state index in [4.69, 9.17) is 4.74 Å². The van der Waals surface area contributed by atoms with Gasteiger partial charge in [0.2, 0.25) is 0 Å². The standard InChI is InChI=1S/C18H21N7O2S/c1-12-21-16(11-17(22-12)25-6-8-27-9-7-25)19-4-5-20-18(26)13-2-3-14-15(10-13)24-28-23-14/h2-3,10-11H,4-9H2,1H3,(H,20,26)(H,19,21,22). The summed E-state index contributed by atoms with van der Waals surface area (Å²) in [7, 11) is 0. The predicted molar refractivity (Wildman–Crippen MR) is 108 cm³/mol. The van der Waals surface area contributed by atoms with E-state index in [0.29, 0.717) is 37.7 Å². The van der Waals surface area contributed by atoms with Crippen LogP contribution in [0, 0.1) is 6.92 Å². The Morgan fingerprint density at radius 3 is 2.82 bits per heavy atom. The molecule has 0 spiro atoms. The van der Waals surface area contributed by atoms with Gasteiger partial charge in [-0.15, -0.1) is 0 Å². The summed E-state index contributed by atoms with van der Waals surface area (Å²) in [5.41, 5.74) is 2.12. The number of hydrogen-bond acceptors (Lipinski definition) is 9. The first-order chi connectivity index (χ1) is 13.7. The fourth-order valence-electron chi connectivity index (χ4n) is 2.99. The summed E-state index contributed by atoms with van der Waals surface area (Å²) in [6.45, 7) is 5.98. The van der Waals surface area contributed by atoms with Crippen molar-refractivity contribution in [2.24, 2.45) is 0 Å². The minimum Gasteiger partial charge on any atom is -0.378 e. The van der Waals surface area contributed by atoms with Gasteiger partial charge in [-0.3, -0.25) is 4.79 Å². The third-order valence-corrected chi connectivity index (χ3v) is 4.95. The van der Waals surface area contributed by atoms with Gasteiger partial charge in [-0.05, 0) is 25.1 Å². The average Bonchev–Trinajstić information content (AvgIpc) is 3.19. The van der Waals surface area contributed by atoms with Gasteiger partial charge in [0, 0.05) is 37.8 Å². The Bertz CT molecular complexity index is 971. The molecule has 1 aromatic carbocycles. The van der Waals surface area contributed by atoms with Gasteiger partial charge >= 0.3 is 0 Å². The Morgan fingerprint density at radius 2 is 1.96 bits per heavy atom. The Labute approximate surface area is 166 Å². The first-order valence-electron chi connectivity index (χ1n) is 9.12. The van der Waals surface area contributed by atoms with Gasteiger partial charge in [-0.2, -0.15) is 8.75 Å². The van der Waals surface area contributed by atoms with Crippen molar-refractivity contribution in [2.45, 2.75) is 6.92 Å². The van der Waals surface area contributed by atoms with Gasteiger partial charge in [0.25, 0.3) is 5.91 Å². The van der Waals surface area contributed by atoms with Gasteiger partial charge in [0.05, 0.1) is 24.9 Å². The number of anilines is 2. The van der Waals surface area contributed by atoms with Gasteiger partial charge in [0.1, 0.15) is 28.5 Å². The lowest BCUT2D eigenvalue weighted by molar-refractivity contribution is 0.0955. The fourth-order valence-corrected chi connectivity index (χ4v) is 3.51. The van der Waals surface area contributed by atoms with Crippen LogP contribution in [0.2, 0.25) is 0 Å². The highest BCUT2D eigenvalue weighted by Crippen LogP contribution is 2.17. The molecule has 0 unspecified atom stereocenters. The Morgan fingerprint density at radius 1 is 1.14 bits per heavy atom. The van der Waals surface area contributed by atoms with E-state index < -0.39 is 0 Å². The molecule has 10 heteroatoms. The number of carbonyl (C=O) groups excluding carboxylic acids is 1. The maximum atomic E-state index is 12.3. The molecule has 0 aliphatic carbocycles. The van der Waals surface area contributed by atoms with Crippen molar-refractivity contribution < 1.29 is 9.53 Å². The molecule has 146 valence electrons. The number of aromatic nitrogens is 4. The van der Waals surface area contributed by atoms with Gasteiger partial charge in [-0.1, -0.05) is 0 Å². The summed E-state index contributed by atoms with van der Waals surface area (Å²) in [4.78, 5) is 23.4. The van der Waals surface area contributed by atoms with Crippen LogP contribution in [-0.4, -0.2) is 64.0 Å². The first kappa shape index (κ1) is 18.5. The maximum Gasteiger partial charge on any atom is 0.251 e. The van der Waals surface area contributed by atoms with Crippen molar-refractivity contribution in [3.8, 4) is 0 Å². The number of amides is 1. The number of hydrogen-bond donors (Lipinski definition) is 2. The van der Waals surface area contributed by atoms with E-state index in [9.17, 15) is 4.79 Å². The van der Waals surface area contributed by atoms with Crippen LogP contribution in [0.3, 0.4) is 0 Å². The number of rotatable bonds is 6. The highest BCUT2D eigenvalue weighted by Gasteiger charge is 2.14. The molecular formula is C18H21N7O2S. The minimum atomic E-state index is -0.135. The number of nitrogens with one attached hydrogen (secondary N) is 2. The topological polar surface area (TPSA) is 105 Å². The monoisotopic (exact) mass is 399 g/mol. The number of benzene rings is 1. The second-order valence-electron chi connectivity index (χ2n) is 6.41. The van der Waals surface area contributed by atoms with Crippen molar-refractivity contribution in [1.82, 2.24) is 24.0 Å². The molecule has 0 atom stereocenters. The van der Waals surface area contributed by atoms with Crippen LogP contribution in [0.1, 0.15) is 16.2 Å². The number of nitrogens with zero attached hydrogens (tertiary/aromatic N) is 5. The summed E-state index contributed by atoms with van der Waals surface area (Å²) in [5, 5.41) is 6.15. The zero-order chi connectivity index (χ0) is 19.3. The quantitative estimate of drug-likeness (QED) is 0.601. The van der Waals surface area contributed by atoms with Crippen molar-refractivity contribution in [3.05, 3.63) is 35.7 Å². The smallest absolute Gasteiger partial charge is 0.251 e. The molecule has 3 heterocycles. The summed E-state index contributed by atoms with van der Waals surface area (Å²) in [6.07, 6.45) is 0. The van der Waals surface area contributed by atoms with Gasteiger partial charge < -0.3 is 20.3 Å². The van der Waals surface area contributed by atoms with Crippen LogP contribution in [0.25, 0.3) is 11.0 Å². The van der Waals surface area contributed by atoms with E-state index in [-0.39, 0.29) is 5.91 Å². The number of aryl methyl sites for hydroxylation is 1. The highest BCUT2D eigenvalue weighted by molar-refractivity contribution is 7.00. The van der Waals surface area contributed by atoms with E-state index in [2.05, 4.69) is 34.2 Å². The van der Waals surface area contributed by atoms with Crippen molar-refractivity contribution in [1.29, 1.82) is 0 Å². The molecule has 0 saturated carbocycles. The van der Waals surface area contributed by atoms with E-state index in [1.165, 1.54) is 0 Å². The lowest BCUT2D eigenvalue weighted by atomic mass is 10.2. The van der Waals surface area contributed by atoms with Crippen LogP contribution in [0.15, 0.2) is 24.3 Å². The molecule has 1 amide bonds. The Hall–Kier alpha value is -2.85. The molecule has 3 aromatic rings. The number of morpholine rings is 1. The normalized spacial score (nSPS) is 14.2. The Kier molecular flexibility index (Phi) is 5.58. The molecular weight excluding hydrogens is 378 g/mol. The molecule has 0 bridgehead atoms. The molecule has 2 aromatic heterocycles. The lowest BCUT2D eigenvalue weighted by Gasteiger charge is -2.28. The molecule has 1 saturated heterocycles. The van der Waals surface area contributed by atoms with Gasteiger partial charge in [0.15, 0.2) is 0 Å². The van der Waals surface area contributed by atoms with Crippen LogP contribution >= 0.6 is 11.7 Å². The van der Waals surface area contributed by atoms with E-state index in [0.717, 1.165) is 47.5 Å². The maximum absolute atomic E-state index is 12.3. The second-order valence-corrected chi connectivity index (χ2v) is 6.94. The molecule has 1 aliphatic heterocycles. The number of ether oxygens (including phenoxy) is 1. The zero-order valence-corrected chi connectivity index (χ0v) is 16.3. The lowest BCUT2D eigenvalue weighted by Crippen LogP contribution is -2.37. The molecule has 1 fully saturated rings. The molecule has 0 radical (unpaired) electrons. The molecule has 2 N–H and O–H groups in total. The van der Waals surface area contributed by atoms with Crippen LogP contribution < -0.4 is 15.5 Å². The third kappa shape index (κ3) is 4.34. The number of carbonyl (C=O) groups is 1. The minimum absolute atomic E-state index is 0.135. The van der Waals surface area contributed by atoms with E-state index >= 15 is 0 Å². The second kappa shape index (κ2) is 8.44. The summed E-state index contributed by atoms with van der Waals surface area (Å²) in [5.74, 6) is 2.22. The zero-order valence-electron chi connectivity index (χ0n) is 15.5. The van der Waals surface area contributed by atoms with Crippen molar-refractivity contribution >= 4 is 40.3 Å².